The predicted molar refractivity (Wildman–Crippen MR) is 115 cm³/mol. The van der Waals surface area contributed by atoms with Crippen molar-refractivity contribution in [3.63, 3.8) is 0 Å². The van der Waals surface area contributed by atoms with Crippen LogP contribution in [0.4, 0.5) is 17.5 Å². The molecule has 3 aromatic heterocycles. The predicted octanol–water partition coefficient (Wildman–Crippen LogP) is 2.15. The first-order valence-electron chi connectivity index (χ1n) is 9.61. The van der Waals surface area contributed by atoms with E-state index in [0.717, 1.165) is 5.56 Å². The highest BCUT2D eigenvalue weighted by atomic mass is 32.2. The number of aromatic nitrogens is 5. The van der Waals surface area contributed by atoms with E-state index in [9.17, 15) is 8.42 Å². The van der Waals surface area contributed by atoms with Crippen LogP contribution in [0.2, 0.25) is 0 Å². The maximum atomic E-state index is 12.6. The first-order valence-corrected chi connectivity index (χ1v) is 11.1. The Morgan fingerprint density at radius 3 is 2.27 bits per heavy atom. The zero-order chi connectivity index (χ0) is 21.7. The van der Waals surface area contributed by atoms with Gasteiger partial charge in [-0.1, -0.05) is 6.07 Å². The number of hydrogen-bond donors (Lipinski definition) is 3. The van der Waals surface area contributed by atoms with Gasteiger partial charge in [0.2, 0.25) is 10.0 Å². The van der Waals surface area contributed by atoms with Crippen molar-refractivity contribution < 1.29 is 8.42 Å². The lowest BCUT2D eigenvalue weighted by Crippen LogP contribution is -2.29. The summed E-state index contributed by atoms with van der Waals surface area (Å²) in [5.41, 5.74) is 2.20. The molecule has 0 bridgehead atoms. The van der Waals surface area contributed by atoms with Gasteiger partial charge < -0.3 is 10.6 Å². The van der Waals surface area contributed by atoms with Crippen LogP contribution in [0.15, 0.2) is 35.4 Å². The van der Waals surface area contributed by atoms with E-state index in [4.69, 9.17) is 0 Å². The summed E-state index contributed by atoms with van der Waals surface area (Å²) >= 11 is 0. The number of nitrogens with one attached hydrogen (secondary N) is 3. The van der Waals surface area contributed by atoms with Crippen LogP contribution in [0.25, 0.3) is 0 Å². The minimum absolute atomic E-state index is 0.202. The first kappa shape index (κ1) is 21.7. The van der Waals surface area contributed by atoms with Crippen molar-refractivity contribution in [1.82, 2.24) is 29.7 Å². The lowest BCUT2D eigenvalue weighted by atomic mass is 10.3. The summed E-state index contributed by atoms with van der Waals surface area (Å²) in [7, 11) is -3.64. The van der Waals surface area contributed by atoms with E-state index in [2.05, 4.69) is 35.6 Å². The van der Waals surface area contributed by atoms with Crippen molar-refractivity contribution in [2.45, 2.75) is 39.1 Å². The van der Waals surface area contributed by atoms with Crippen molar-refractivity contribution >= 4 is 27.5 Å². The quantitative estimate of drug-likeness (QED) is 0.441. The number of aryl methyl sites for hydroxylation is 3. The molecule has 0 aliphatic carbocycles. The first-order chi connectivity index (χ1) is 14.3. The molecule has 0 radical (unpaired) electrons. The Labute approximate surface area is 176 Å². The summed E-state index contributed by atoms with van der Waals surface area (Å²) in [6.07, 6.45) is 1.77. The molecule has 0 saturated carbocycles. The van der Waals surface area contributed by atoms with Gasteiger partial charge in [0.05, 0.1) is 11.4 Å². The molecule has 0 aliphatic rings. The smallest absolute Gasteiger partial charge is 0.244 e. The Morgan fingerprint density at radius 1 is 0.967 bits per heavy atom. The van der Waals surface area contributed by atoms with Crippen molar-refractivity contribution in [2.24, 2.45) is 0 Å². The van der Waals surface area contributed by atoms with Gasteiger partial charge in [-0.2, -0.15) is 5.10 Å². The fourth-order valence-electron chi connectivity index (χ4n) is 2.99. The van der Waals surface area contributed by atoms with Gasteiger partial charge in [0.25, 0.3) is 0 Å². The molecule has 3 rings (SSSR count). The zero-order valence-electron chi connectivity index (χ0n) is 17.5. The van der Waals surface area contributed by atoms with Gasteiger partial charge >= 0.3 is 0 Å². The number of nitrogens with zero attached hydrogens (tertiary/aromatic N) is 5. The second kappa shape index (κ2) is 9.18. The molecule has 0 amide bonds. The number of rotatable bonds is 9. The molecule has 0 aromatic carbocycles. The summed E-state index contributed by atoms with van der Waals surface area (Å²) in [6.45, 7) is 8.53. The standard InChI is InChI=1S/C19H26N8O2S/c1-5-27-15(4)19(14(3)26-27)30(28,29)22-11-10-20-17-8-9-18(25-24-17)23-16-7-6-13(2)12-21-16/h6-9,12,22H,5,10-11H2,1-4H3,(H,20,24)(H,21,23,25). The van der Waals surface area contributed by atoms with Gasteiger partial charge in [-0.3, -0.25) is 4.68 Å². The summed E-state index contributed by atoms with van der Waals surface area (Å²) in [5.74, 6) is 1.79. The Kier molecular flexibility index (Phi) is 6.63. The molecule has 3 N–H and O–H groups in total. The van der Waals surface area contributed by atoms with E-state index in [1.54, 1.807) is 36.9 Å². The molecular weight excluding hydrogens is 404 g/mol. The van der Waals surface area contributed by atoms with E-state index in [0.29, 0.717) is 41.9 Å². The van der Waals surface area contributed by atoms with Crippen molar-refractivity contribution in [3.8, 4) is 0 Å². The summed E-state index contributed by atoms with van der Waals surface area (Å²) in [4.78, 5) is 4.50. The van der Waals surface area contributed by atoms with E-state index in [-0.39, 0.29) is 11.4 Å². The van der Waals surface area contributed by atoms with Crippen LogP contribution in [-0.2, 0) is 16.6 Å². The minimum atomic E-state index is -3.64. The van der Waals surface area contributed by atoms with E-state index in [1.807, 2.05) is 26.0 Å². The van der Waals surface area contributed by atoms with Gasteiger partial charge in [0, 0.05) is 25.8 Å². The number of anilines is 3. The third kappa shape index (κ3) is 5.10. The van der Waals surface area contributed by atoms with Gasteiger partial charge in [-0.05, 0) is 51.5 Å². The van der Waals surface area contributed by atoms with Crippen LogP contribution in [0, 0.1) is 20.8 Å². The highest BCUT2D eigenvalue weighted by molar-refractivity contribution is 7.89. The molecule has 0 unspecified atom stereocenters. The van der Waals surface area contributed by atoms with Crippen LogP contribution in [0.3, 0.4) is 0 Å². The highest BCUT2D eigenvalue weighted by Crippen LogP contribution is 2.19. The normalized spacial score (nSPS) is 11.5. The fraction of sp³-hybridized carbons (Fsp3) is 0.368. The molecule has 0 fully saturated rings. The molecule has 30 heavy (non-hydrogen) atoms. The Bertz CT molecular complexity index is 1090. The average Bonchev–Trinajstić information content (AvgIpc) is 3.02. The second-order valence-corrected chi connectivity index (χ2v) is 8.49. The molecular formula is C19H26N8O2S. The number of pyridine rings is 1. The van der Waals surface area contributed by atoms with Crippen molar-refractivity contribution in [2.75, 3.05) is 23.7 Å². The molecule has 0 spiro atoms. The Balaban J connectivity index is 1.51. The third-order valence-corrected chi connectivity index (χ3v) is 6.15. The van der Waals surface area contributed by atoms with Gasteiger partial charge in [0.1, 0.15) is 16.5 Å². The number of hydrogen-bond acceptors (Lipinski definition) is 8. The summed E-state index contributed by atoms with van der Waals surface area (Å²) in [6, 6.07) is 7.35. The van der Waals surface area contributed by atoms with Gasteiger partial charge in [0.15, 0.2) is 5.82 Å². The fourth-order valence-corrected chi connectivity index (χ4v) is 4.43. The lowest BCUT2D eigenvalue weighted by Gasteiger charge is -2.09. The van der Waals surface area contributed by atoms with Gasteiger partial charge in [-0.25, -0.2) is 18.1 Å². The van der Waals surface area contributed by atoms with E-state index < -0.39 is 10.0 Å². The average molecular weight is 431 g/mol. The van der Waals surface area contributed by atoms with Crippen LogP contribution in [0.1, 0.15) is 23.9 Å². The zero-order valence-corrected chi connectivity index (χ0v) is 18.3. The largest absolute Gasteiger partial charge is 0.367 e. The SMILES string of the molecule is CCn1nc(C)c(S(=O)(=O)NCCNc2ccc(Nc3ccc(C)cn3)nn2)c1C. The minimum Gasteiger partial charge on any atom is -0.367 e. The second-order valence-electron chi connectivity index (χ2n) is 6.79. The Hall–Kier alpha value is -3.05. The summed E-state index contributed by atoms with van der Waals surface area (Å²) in [5, 5.41) is 18.6. The topological polar surface area (TPSA) is 127 Å². The summed E-state index contributed by atoms with van der Waals surface area (Å²) < 4.78 is 29.5. The molecule has 10 nitrogen and oxygen atoms in total. The lowest BCUT2D eigenvalue weighted by molar-refractivity contribution is 0.580. The molecule has 3 heterocycles. The third-order valence-electron chi connectivity index (χ3n) is 4.44. The monoisotopic (exact) mass is 430 g/mol. The van der Waals surface area contributed by atoms with Crippen LogP contribution in [-0.4, -0.2) is 46.5 Å². The molecule has 0 atom stereocenters. The maximum absolute atomic E-state index is 12.6. The molecule has 11 heteroatoms. The van der Waals surface area contributed by atoms with Crippen LogP contribution in [0.5, 0.6) is 0 Å². The van der Waals surface area contributed by atoms with E-state index in [1.165, 1.54) is 0 Å². The van der Waals surface area contributed by atoms with Gasteiger partial charge in [-0.15, -0.1) is 10.2 Å². The highest BCUT2D eigenvalue weighted by Gasteiger charge is 2.23. The van der Waals surface area contributed by atoms with Crippen molar-refractivity contribution in [3.05, 3.63) is 47.4 Å². The Morgan fingerprint density at radius 2 is 1.67 bits per heavy atom. The van der Waals surface area contributed by atoms with Crippen molar-refractivity contribution in [1.29, 1.82) is 0 Å². The maximum Gasteiger partial charge on any atom is 0.244 e. The van der Waals surface area contributed by atoms with E-state index >= 15 is 0 Å². The molecule has 0 aliphatic heterocycles. The molecule has 160 valence electrons. The van der Waals surface area contributed by atoms with Crippen LogP contribution >= 0.6 is 0 Å². The number of sulfonamides is 1. The van der Waals surface area contributed by atoms with Crippen LogP contribution < -0.4 is 15.4 Å². The molecule has 0 saturated heterocycles. The molecule has 3 aromatic rings.